The van der Waals surface area contributed by atoms with Gasteiger partial charge in [-0.1, -0.05) is 29.3 Å². The van der Waals surface area contributed by atoms with Gasteiger partial charge >= 0.3 is 6.09 Å². The van der Waals surface area contributed by atoms with Crippen LogP contribution in [0.4, 0.5) is 21.9 Å². The zero-order valence-electron chi connectivity index (χ0n) is 23.0. The van der Waals surface area contributed by atoms with Crippen LogP contribution in [0.15, 0.2) is 47.4 Å². The van der Waals surface area contributed by atoms with Crippen LogP contribution in [0.3, 0.4) is 0 Å². The maximum Gasteiger partial charge on any atom is 0.407 e. The second kappa shape index (κ2) is 10.7. The number of anilines is 3. The summed E-state index contributed by atoms with van der Waals surface area (Å²) >= 11 is 12.7. The first kappa shape index (κ1) is 27.8. The fourth-order valence-corrected chi connectivity index (χ4v) is 5.40. The van der Waals surface area contributed by atoms with Crippen LogP contribution in [0.25, 0.3) is 16.7 Å². The summed E-state index contributed by atoms with van der Waals surface area (Å²) in [6, 6.07) is 10.4. The number of ether oxygens (including phenoxy) is 1. The number of nitrogens with zero attached hydrogens (tertiary/aromatic N) is 5. The Balaban J connectivity index is 1.51. The van der Waals surface area contributed by atoms with E-state index in [9.17, 15) is 9.59 Å². The van der Waals surface area contributed by atoms with E-state index in [1.54, 1.807) is 24.3 Å². The number of para-hydroxylation sites is 1. The minimum Gasteiger partial charge on any atom is -0.444 e. The molecule has 0 aliphatic carbocycles. The summed E-state index contributed by atoms with van der Waals surface area (Å²) in [5.41, 5.74) is 2.90. The first-order valence-electron chi connectivity index (χ1n) is 12.9. The van der Waals surface area contributed by atoms with E-state index in [0.717, 1.165) is 29.0 Å². The quantitative estimate of drug-likeness (QED) is 0.316. The van der Waals surface area contributed by atoms with Crippen LogP contribution in [0.5, 0.6) is 0 Å². The third-order valence-corrected chi connectivity index (χ3v) is 7.35. The number of aryl methyl sites for hydroxylation is 2. The van der Waals surface area contributed by atoms with Gasteiger partial charge < -0.3 is 24.8 Å². The third-order valence-electron chi connectivity index (χ3n) is 6.74. The molecule has 0 unspecified atom stereocenters. The molecule has 1 fully saturated rings. The number of hydrogen-bond donors (Lipinski definition) is 2. The molecule has 5 rings (SSSR count). The number of alkyl carbamates (subject to hydrolysis) is 1. The molecule has 2 aromatic carbocycles. The number of aromatic nitrogens is 4. The van der Waals surface area contributed by atoms with Crippen LogP contribution in [0.1, 0.15) is 33.0 Å². The monoisotopic (exact) mass is 583 g/mol. The van der Waals surface area contributed by atoms with Gasteiger partial charge in [-0.15, -0.1) is 0 Å². The molecule has 0 radical (unpaired) electrons. The van der Waals surface area contributed by atoms with Gasteiger partial charge in [0.15, 0.2) is 0 Å². The summed E-state index contributed by atoms with van der Waals surface area (Å²) in [6.07, 6.45) is 1.80. The second-order valence-electron chi connectivity index (χ2n) is 10.8. The van der Waals surface area contributed by atoms with Gasteiger partial charge in [-0.05, 0) is 64.4 Å². The van der Waals surface area contributed by atoms with Crippen LogP contribution in [-0.2, 0) is 11.8 Å². The summed E-state index contributed by atoms with van der Waals surface area (Å²) in [5, 5.41) is 11.1. The Morgan fingerprint density at radius 3 is 2.50 bits per heavy atom. The number of rotatable bonds is 5. The summed E-state index contributed by atoms with van der Waals surface area (Å²) in [6.45, 7) is 8.69. The Morgan fingerprint density at radius 2 is 1.80 bits per heavy atom. The molecule has 12 heteroatoms. The van der Waals surface area contributed by atoms with Gasteiger partial charge in [0.25, 0.3) is 5.56 Å². The highest BCUT2D eigenvalue weighted by molar-refractivity contribution is 6.37. The number of carbonyl (C=O) groups excluding carboxylic acids is 1. The number of carbonyl (C=O) groups is 1. The molecule has 3 heterocycles. The van der Waals surface area contributed by atoms with E-state index < -0.39 is 17.3 Å². The highest BCUT2D eigenvalue weighted by Crippen LogP contribution is 2.38. The predicted octanol–water partition coefficient (Wildman–Crippen LogP) is 5.58. The molecule has 1 amide bonds. The average molecular weight is 585 g/mol. The van der Waals surface area contributed by atoms with Gasteiger partial charge in [0.2, 0.25) is 0 Å². The Bertz CT molecular complexity index is 1640. The number of imidazole rings is 1. The minimum absolute atomic E-state index is 0.108. The number of fused-ring (bicyclic) bond motifs is 1. The molecule has 40 heavy (non-hydrogen) atoms. The number of halogens is 2. The van der Waals surface area contributed by atoms with Gasteiger partial charge in [-0.3, -0.25) is 4.79 Å². The molecular weight excluding hydrogens is 553 g/mol. The van der Waals surface area contributed by atoms with E-state index in [1.807, 2.05) is 51.4 Å². The lowest BCUT2D eigenvalue weighted by Gasteiger charge is -2.24. The standard InChI is InChI=1S/C28H31Cl2N7O3/c1-16-32-23-22(35(16)5)10-9-20(25(23)36-14-12-17(15-36)33-27(39)40-28(2,3)4)34-21-11-13-31-37(26(21)38)24-18(29)7-6-8-19(24)30/h6-11,13,17,34H,12,14-15H2,1-5H3,(H,33,39)/t17-/m0/s1. The van der Waals surface area contributed by atoms with Gasteiger partial charge in [0.05, 0.1) is 39.2 Å². The van der Waals surface area contributed by atoms with E-state index in [4.69, 9.17) is 32.9 Å². The van der Waals surface area contributed by atoms with Gasteiger partial charge in [-0.2, -0.15) is 9.78 Å². The molecule has 1 saturated heterocycles. The maximum atomic E-state index is 13.5. The molecule has 2 aromatic heterocycles. The lowest BCUT2D eigenvalue weighted by molar-refractivity contribution is 0.0509. The SMILES string of the molecule is Cc1nc2c(N3CC[C@H](NC(=O)OC(C)(C)C)C3)c(Nc3ccnn(-c4c(Cl)cccc4Cl)c3=O)ccc2n1C. The molecular formula is C28H31Cl2N7O3. The molecule has 0 bridgehead atoms. The van der Waals surface area contributed by atoms with Crippen molar-refractivity contribution in [2.45, 2.75) is 45.8 Å². The normalized spacial score (nSPS) is 15.5. The minimum atomic E-state index is -0.581. The summed E-state index contributed by atoms with van der Waals surface area (Å²) in [5.74, 6) is 0.857. The highest BCUT2D eigenvalue weighted by Gasteiger charge is 2.30. The molecule has 1 aliphatic rings. The molecule has 2 N–H and O–H groups in total. The topological polar surface area (TPSA) is 106 Å². The fraction of sp³-hybridized carbons (Fsp3) is 0.357. The van der Waals surface area contributed by atoms with Gasteiger partial charge in [-0.25, -0.2) is 9.78 Å². The summed E-state index contributed by atoms with van der Waals surface area (Å²) in [4.78, 5) is 33.0. The largest absolute Gasteiger partial charge is 0.444 e. The van der Waals surface area contributed by atoms with Crippen LogP contribution >= 0.6 is 23.2 Å². The lowest BCUT2D eigenvalue weighted by atomic mass is 10.2. The van der Waals surface area contributed by atoms with Crippen molar-refractivity contribution in [2.24, 2.45) is 7.05 Å². The Hall–Kier alpha value is -3.76. The van der Waals surface area contributed by atoms with E-state index in [-0.39, 0.29) is 6.04 Å². The summed E-state index contributed by atoms with van der Waals surface area (Å²) in [7, 11) is 1.97. The fourth-order valence-electron chi connectivity index (χ4n) is 4.84. The number of nitrogens with one attached hydrogen (secondary N) is 2. The molecule has 1 atom stereocenters. The maximum absolute atomic E-state index is 13.5. The van der Waals surface area contributed by atoms with Crippen LogP contribution in [0, 0.1) is 6.92 Å². The van der Waals surface area contributed by atoms with E-state index in [0.29, 0.717) is 40.2 Å². The molecule has 1 aliphatic heterocycles. The molecule has 10 nitrogen and oxygen atoms in total. The second-order valence-corrected chi connectivity index (χ2v) is 11.6. The summed E-state index contributed by atoms with van der Waals surface area (Å²) < 4.78 is 8.66. The highest BCUT2D eigenvalue weighted by atomic mass is 35.5. The van der Waals surface area contributed by atoms with Crippen molar-refractivity contribution in [1.29, 1.82) is 0 Å². The zero-order chi connectivity index (χ0) is 28.8. The number of amides is 1. The number of hydrogen-bond acceptors (Lipinski definition) is 7. The van der Waals surface area contributed by atoms with Gasteiger partial charge in [0, 0.05) is 20.1 Å². The molecule has 4 aromatic rings. The van der Waals surface area contributed by atoms with Crippen molar-refractivity contribution in [2.75, 3.05) is 23.3 Å². The average Bonchev–Trinajstić information content (AvgIpc) is 3.43. The predicted molar refractivity (Wildman–Crippen MR) is 159 cm³/mol. The van der Waals surface area contributed by atoms with E-state index in [1.165, 1.54) is 10.9 Å². The Kier molecular flexibility index (Phi) is 7.41. The van der Waals surface area contributed by atoms with Crippen molar-refractivity contribution in [1.82, 2.24) is 24.6 Å². The Labute approximate surface area is 241 Å². The van der Waals surface area contributed by atoms with E-state index >= 15 is 0 Å². The van der Waals surface area contributed by atoms with Crippen LogP contribution in [0.2, 0.25) is 10.0 Å². The third kappa shape index (κ3) is 5.46. The van der Waals surface area contributed by atoms with E-state index in [2.05, 4.69) is 20.6 Å². The first-order chi connectivity index (χ1) is 18.9. The van der Waals surface area contributed by atoms with Crippen molar-refractivity contribution >= 4 is 57.4 Å². The van der Waals surface area contributed by atoms with Crippen molar-refractivity contribution in [3.63, 3.8) is 0 Å². The lowest BCUT2D eigenvalue weighted by Crippen LogP contribution is -2.40. The first-order valence-corrected chi connectivity index (χ1v) is 13.7. The molecule has 0 saturated carbocycles. The Morgan fingerprint density at radius 1 is 1.07 bits per heavy atom. The molecule has 210 valence electrons. The van der Waals surface area contributed by atoms with Gasteiger partial charge in [0.1, 0.15) is 28.3 Å². The van der Waals surface area contributed by atoms with Crippen LogP contribution in [-0.4, -0.2) is 50.2 Å². The van der Waals surface area contributed by atoms with Crippen molar-refractivity contribution < 1.29 is 9.53 Å². The molecule has 0 spiro atoms. The van der Waals surface area contributed by atoms with Crippen LogP contribution < -0.4 is 21.1 Å². The smallest absolute Gasteiger partial charge is 0.407 e. The van der Waals surface area contributed by atoms with Crippen molar-refractivity contribution in [3.05, 3.63) is 68.8 Å². The number of benzene rings is 2. The van der Waals surface area contributed by atoms with Crippen molar-refractivity contribution in [3.8, 4) is 5.69 Å². The zero-order valence-corrected chi connectivity index (χ0v) is 24.5.